The van der Waals surface area contributed by atoms with E-state index in [0.29, 0.717) is 5.39 Å². The average Bonchev–Trinajstić information content (AvgIpc) is 2.36. The number of hydrogen-bond donors (Lipinski definition) is 2. The molecule has 0 heterocycles. The zero-order valence-electron chi connectivity index (χ0n) is 11.3. The fourth-order valence-electron chi connectivity index (χ4n) is 1.87. The number of sulfonamides is 1. The van der Waals surface area contributed by atoms with Gasteiger partial charge in [-0.05, 0) is 25.3 Å². The maximum atomic E-state index is 12.4. The number of nitrogens with one attached hydrogen (secondary N) is 1. The molecule has 0 fully saturated rings. The van der Waals surface area contributed by atoms with Crippen molar-refractivity contribution >= 4 is 26.7 Å². The lowest BCUT2D eigenvalue weighted by Gasteiger charge is -2.22. The first-order valence-electron chi connectivity index (χ1n) is 6.06. The highest BCUT2D eigenvalue weighted by atomic mass is 32.2. The van der Waals surface area contributed by atoms with Crippen LogP contribution in [0.4, 0.5) is 0 Å². The molecule has 0 unspecified atom stereocenters. The van der Waals surface area contributed by atoms with Gasteiger partial charge in [-0.1, -0.05) is 36.4 Å². The van der Waals surface area contributed by atoms with Crippen LogP contribution >= 0.6 is 0 Å². The second-order valence-corrected chi connectivity index (χ2v) is 6.72. The molecule has 2 aromatic rings. The highest BCUT2D eigenvalue weighted by Crippen LogP contribution is 2.23. The van der Waals surface area contributed by atoms with Gasteiger partial charge in [-0.15, -0.1) is 0 Å². The fourth-order valence-corrected chi connectivity index (χ4v) is 3.49. The Morgan fingerprint density at radius 3 is 2.35 bits per heavy atom. The van der Waals surface area contributed by atoms with Gasteiger partial charge in [-0.3, -0.25) is 4.79 Å². The van der Waals surface area contributed by atoms with Crippen LogP contribution in [0, 0.1) is 0 Å². The normalized spacial score (nSPS) is 12.5. The first kappa shape index (κ1) is 14.5. The lowest BCUT2D eigenvalue weighted by molar-refractivity contribution is -0.122. The van der Waals surface area contributed by atoms with E-state index in [4.69, 9.17) is 5.73 Å². The number of carbonyl (C=O) groups excluding carboxylic acids is 1. The molecular formula is C14H16N2O3S. The van der Waals surface area contributed by atoms with Gasteiger partial charge in [0.1, 0.15) is 5.54 Å². The van der Waals surface area contributed by atoms with E-state index < -0.39 is 21.5 Å². The van der Waals surface area contributed by atoms with Crippen LogP contribution in [0.5, 0.6) is 0 Å². The average molecular weight is 292 g/mol. The number of fused-ring (bicyclic) bond motifs is 1. The van der Waals surface area contributed by atoms with E-state index in [1.807, 2.05) is 18.2 Å². The largest absolute Gasteiger partial charge is 0.368 e. The Bertz CT molecular complexity index is 762. The van der Waals surface area contributed by atoms with Crippen molar-refractivity contribution < 1.29 is 13.2 Å². The third-order valence-electron chi connectivity index (χ3n) is 3.04. The SMILES string of the molecule is CC(C)(NS(=O)(=O)c1cccc2ccccc12)C(N)=O. The molecule has 1 amide bonds. The van der Waals surface area contributed by atoms with Gasteiger partial charge in [-0.2, -0.15) is 4.72 Å². The van der Waals surface area contributed by atoms with E-state index in [9.17, 15) is 13.2 Å². The third kappa shape index (κ3) is 2.66. The van der Waals surface area contributed by atoms with Crippen molar-refractivity contribution in [3.8, 4) is 0 Å². The molecule has 0 bridgehead atoms. The molecule has 0 radical (unpaired) electrons. The van der Waals surface area contributed by atoms with Gasteiger partial charge < -0.3 is 5.73 Å². The Morgan fingerprint density at radius 1 is 1.10 bits per heavy atom. The molecule has 2 aromatic carbocycles. The molecule has 106 valence electrons. The fraction of sp³-hybridized carbons (Fsp3) is 0.214. The van der Waals surface area contributed by atoms with Gasteiger partial charge in [-0.25, -0.2) is 8.42 Å². The van der Waals surface area contributed by atoms with E-state index in [-0.39, 0.29) is 4.90 Å². The molecule has 0 aromatic heterocycles. The second kappa shape index (κ2) is 4.88. The maximum absolute atomic E-state index is 12.4. The Kier molecular flexibility index (Phi) is 3.54. The van der Waals surface area contributed by atoms with Crippen LogP contribution in [0.2, 0.25) is 0 Å². The molecule has 0 aliphatic heterocycles. The summed E-state index contributed by atoms with van der Waals surface area (Å²) in [7, 11) is -3.84. The predicted molar refractivity (Wildman–Crippen MR) is 77.5 cm³/mol. The van der Waals surface area contributed by atoms with Gasteiger partial charge in [0.05, 0.1) is 4.90 Å². The van der Waals surface area contributed by atoms with Gasteiger partial charge in [0.2, 0.25) is 15.9 Å². The summed E-state index contributed by atoms with van der Waals surface area (Å²) in [5.74, 6) is -0.735. The second-order valence-electron chi connectivity index (χ2n) is 5.07. The molecule has 0 aliphatic carbocycles. The summed E-state index contributed by atoms with van der Waals surface area (Å²) in [6.45, 7) is 2.86. The van der Waals surface area contributed by atoms with Crippen LogP contribution in [-0.2, 0) is 14.8 Å². The summed E-state index contributed by atoms with van der Waals surface area (Å²) >= 11 is 0. The maximum Gasteiger partial charge on any atom is 0.242 e. The van der Waals surface area contributed by atoms with Crippen molar-refractivity contribution in [1.29, 1.82) is 0 Å². The van der Waals surface area contributed by atoms with Crippen LogP contribution < -0.4 is 10.5 Å². The summed E-state index contributed by atoms with van der Waals surface area (Å²) in [6, 6.07) is 12.1. The van der Waals surface area contributed by atoms with E-state index in [1.54, 1.807) is 18.2 Å². The highest BCUT2D eigenvalue weighted by Gasteiger charge is 2.31. The van der Waals surface area contributed by atoms with Crippen molar-refractivity contribution in [3.63, 3.8) is 0 Å². The number of benzene rings is 2. The van der Waals surface area contributed by atoms with Gasteiger partial charge in [0.15, 0.2) is 0 Å². The van der Waals surface area contributed by atoms with E-state index >= 15 is 0 Å². The van der Waals surface area contributed by atoms with Crippen molar-refractivity contribution in [1.82, 2.24) is 4.72 Å². The quantitative estimate of drug-likeness (QED) is 0.892. The molecule has 0 atom stereocenters. The molecule has 20 heavy (non-hydrogen) atoms. The first-order valence-corrected chi connectivity index (χ1v) is 7.54. The number of primary amides is 1. The molecule has 2 rings (SSSR count). The minimum atomic E-state index is -3.84. The Hall–Kier alpha value is -1.92. The van der Waals surface area contributed by atoms with Gasteiger partial charge in [0.25, 0.3) is 0 Å². The van der Waals surface area contributed by atoms with Crippen molar-refractivity contribution in [2.75, 3.05) is 0 Å². The summed E-state index contributed by atoms with van der Waals surface area (Å²) in [5, 5.41) is 1.41. The molecule has 6 heteroatoms. The molecule has 3 N–H and O–H groups in total. The van der Waals surface area contributed by atoms with Crippen molar-refractivity contribution in [2.45, 2.75) is 24.3 Å². The topological polar surface area (TPSA) is 89.3 Å². The van der Waals surface area contributed by atoms with Gasteiger partial charge >= 0.3 is 0 Å². The van der Waals surface area contributed by atoms with E-state index in [2.05, 4.69) is 4.72 Å². The van der Waals surface area contributed by atoms with Crippen LogP contribution in [-0.4, -0.2) is 19.9 Å². The molecular weight excluding hydrogens is 276 g/mol. The summed E-state index contributed by atoms with van der Waals surface area (Å²) in [6.07, 6.45) is 0. The van der Waals surface area contributed by atoms with Crippen molar-refractivity contribution in [2.24, 2.45) is 5.73 Å². The van der Waals surface area contributed by atoms with Crippen LogP contribution in [0.1, 0.15) is 13.8 Å². The molecule has 0 aliphatic rings. The zero-order valence-corrected chi connectivity index (χ0v) is 12.1. The molecule has 0 spiro atoms. The minimum Gasteiger partial charge on any atom is -0.368 e. The Balaban J connectivity index is 2.56. The number of nitrogens with two attached hydrogens (primary N) is 1. The lowest BCUT2D eigenvalue weighted by atomic mass is 10.1. The monoisotopic (exact) mass is 292 g/mol. The zero-order chi connectivity index (χ0) is 15.0. The first-order chi connectivity index (χ1) is 9.24. The highest BCUT2D eigenvalue weighted by molar-refractivity contribution is 7.89. The number of amides is 1. The smallest absolute Gasteiger partial charge is 0.242 e. The third-order valence-corrected chi connectivity index (χ3v) is 4.76. The molecule has 0 saturated heterocycles. The van der Waals surface area contributed by atoms with E-state index in [1.165, 1.54) is 19.9 Å². The summed E-state index contributed by atoms with van der Waals surface area (Å²) in [5.41, 5.74) is 3.85. The molecule has 0 saturated carbocycles. The number of rotatable bonds is 4. The molecule has 5 nitrogen and oxygen atoms in total. The van der Waals surface area contributed by atoms with Gasteiger partial charge in [0, 0.05) is 5.39 Å². The van der Waals surface area contributed by atoms with Crippen molar-refractivity contribution in [3.05, 3.63) is 42.5 Å². The Labute approximate surface area is 117 Å². The van der Waals surface area contributed by atoms with E-state index in [0.717, 1.165) is 5.39 Å². The summed E-state index contributed by atoms with van der Waals surface area (Å²) < 4.78 is 27.2. The lowest BCUT2D eigenvalue weighted by Crippen LogP contribution is -2.52. The number of hydrogen-bond acceptors (Lipinski definition) is 3. The van der Waals surface area contributed by atoms with Crippen LogP contribution in [0.3, 0.4) is 0 Å². The predicted octanol–water partition coefficient (Wildman–Crippen LogP) is 1.38. The minimum absolute atomic E-state index is 0.130. The Morgan fingerprint density at radius 2 is 1.70 bits per heavy atom. The summed E-state index contributed by atoms with van der Waals surface area (Å²) in [4.78, 5) is 11.4. The number of carbonyl (C=O) groups is 1. The van der Waals surface area contributed by atoms with Crippen LogP contribution in [0.25, 0.3) is 10.8 Å². The van der Waals surface area contributed by atoms with Crippen LogP contribution in [0.15, 0.2) is 47.4 Å². The standard InChI is InChI=1S/C14H16N2O3S/c1-14(2,13(15)17)16-20(18,19)12-9-5-7-10-6-3-4-8-11(10)12/h3-9,16H,1-2H3,(H2,15,17).